The minimum Gasteiger partial charge on any atom is -0.348 e. The van der Waals surface area contributed by atoms with Gasteiger partial charge in [-0.1, -0.05) is 6.07 Å². The zero-order chi connectivity index (χ0) is 25.4. The van der Waals surface area contributed by atoms with Crippen LogP contribution < -0.4 is 10.2 Å². The number of carbonyl (C=O) groups is 2. The highest BCUT2D eigenvalue weighted by atomic mass is 79.9. The molecule has 3 aromatic rings. The fourth-order valence-electron chi connectivity index (χ4n) is 3.85. The van der Waals surface area contributed by atoms with Crippen LogP contribution in [0.3, 0.4) is 0 Å². The maximum Gasteiger partial charge on any atom is 0.325 e. The van der Waals surface area contributed by atoms with Crippen LogP contribution >= 0.6 is 15.9 Å². The molecule has 11 heteroatoms. The Morgan fingerprint density at radius 2 is 1.74 bits per heavy atom. The molecule has 0 saturated carbocycles. The molecule has 1 atom stereocenters. The molecule has 1 aliphatic heterocycles. The lowest BCUT2D eigenvalue weighted by atomic mass is 9.98. The molecule has 2 aromatic carbocycles. The molecule has 0 bridgehead atoms. The van der Waals surface area contributed by atoms with Crippen molar-refractivity contribution in [3.05, 3.63) is 92.7 Å². The predicted octanol–water partition coefficient (Wildman–Crippen LogP) is 5.46. The molecular formula is C24H19BrF4N4O2. The van der Waals surface area contributed by atoms with Gasteiger partial charge in [0.15, 0.2) is 0 Å². The van der Waals surface area contributed by atoms with Crippen molar-refractivity contribution in [2.24, 2.45) is 0 Å². The van der Waals surface area contributed by atoms with Crippen molar-refractivity contribution < 1.29 is 27.2 Å². The van der Waals surface area contributed by atoms with E-state index in [2.05, 4.69) is 26.2 Å². The van der Waals surface area contributed by atoms with Gasteiger partial charge in [-0.2, -0.15) is 0 Å². The molecule has 0 saturated heterocycles. The van der Waals surface area contributed by atoms with Gasteiger partial charge in [-0.3, -0.25) is 14.7 Å². The summed E-state index contributed by atoms with van der Waals surface area (Å²) < 4.78 is 55.8. The molecular weight excluding hydrogens is 532 g/mol. The van der Waals surface area contributed by atoms with Gasteiger partial charge in [0, 0.05) is 53.1 Å². The maximum absolute atomic E-state index is 14.4. The van der Waals surface area contributed by atoms with E-state index < -0.39 is 47.3 Å². The smallest absolute Gasteiger partial charge is 0.325 e. The molecule has 4 rings (SSSR count). The standard InChI is InChI=1S/C24H19BrF4N4O2/c1-12-15-4-3-13(23(34)31-8-16-19(27)6-14(26)7-20(16)28)5-22(15)33(24(35)32(12)2)11-17-18(25)9-30-10-21(17)29/h3-7,9-10,12H,8,11H2,1-2H3,(H,31,34)/t12-/m0/s1. The lowest BCUT2D eigenvalue weighted by Crippen LogP contribution is -2.46. The average Bonchev–Trinajstić information content (AvgIpc) is 2.80. The number of anilines is 1. The Labute approximate surface area is 206 Å². The van der Waals surface area contributed by atoms with E-state index in [1.165, 1.54) is 28.1 Å². The molecule has 6 nitrogen and oxygen atoms in total. The fourth-order valence-corrected chi connectivity index (χ4v) is 4.28. The highest BCUT2D eigenvalue weighted by Gasteiger charge is 2.34. The van der Waals surface area contributed by atoms with Gasteiger partial charge in [0.2, 0.25) is 0 Å². The number of nitrogens with zero attached hydrogens (tertiary/aromatic N) is 3. The number of rotatable bonds is 5. The van der Waals surface area contributed by atoms with Gasteiger partial charge in [-0.05, 0) is 40.5 Å². The van der Waals surface area contributed by atoms with Gasteiger partial charge in [0.05, 0.1) is 24.5 Å². The normalized spacial score (nSPS) is 15.3. The first kappa shape index (κ1) is 24.6. The van der Waals surface area contributed by atoms with Crippen molar-refractivity contribution in [2.45, 2.75) is 26.1 Å². The molecule has 0 fully saturated rings. The van der Waals surface area contributed by atoms with E-state index in [9.17, 15) is 27.2 Å². The fraction of sp³-hybridized carbons (Fsp3) is 0.208. The summed E-state index contributed by atoms with van der Waals surface area (Å²) >= 11 is 3.25. The number of halogens is 5. The Kier molecular flexibility index (Phi) is 6.79. The first-order chi connectivity index (χ1) is 16.6. The second-order valence-corrected chi connectivity index (χ2v) is 8.90. The van der Waals surface area contributed by atoms with E-state index in [0.717, 1.165) is 11.8 Å². The van der Waals surface area contributed by atoms with Crippen LogP contribution in [-0.4, -0.2) is 28.9 Å². The van der Waals surface area contributed by atoms with E-state index in [0.29, 0.717) is 22.3 Å². The Balaban J connectivity index is 1.65. The lowest BCUT2D eigenvalue weighted by molar-refractivity contribution is 0.0950. The zero-order valence-corrected chi connectivity index (χ0v) is 20.2. The maximum atomic E-state index is 14.4. The molecule has 182 valence electrons. The summed E-state index contributed by atoms with van der Waals surface area (Å²) in [7, 11) is 1.62. The van der Waals surface area contributed by atoms with Crippen molar-refractivity contribution in [1.29, 1.82) is 0 Å². The van der Waals surface area contributed by atoms with Crippen LogP contribution in [0.25, 0.3) is 0 Å². The van der Waals surface area contributed by atoms with Crippen LogP contribution in [0, 0.1) is 23.3 Å². The second kappa shape index (κ2) is 9.65. The van der Waals surface area contributed by atoms with Crippen molar-refractivity contribution in [2.75, 3.05) is 11.9 Å². The lowest BCUT2D eigenvalue weighted by Gasteiger charge is -2.39. The Hall–Kier alpha value is -3.47. The van der Waals surface area contributed by atoms with E-state index in [1.807, 2.05) is 6.92 Å². The largest absolute Gasteiger partial charge is 0.348 e. The Morgan fingerprint density at radius 3 is 2.40 bits per heavy atom. The van der Waals surface area contributed by atoms with Crippen molar-refractivity contribution in [1.82, 2.24) is 15.2 Å². The molecule has 1 aliphatic rings. The van der Waals surface area contributed by atoms with E-state index in [1.54, 1.807) is 13.1 Å². The molecule has 0 spiro atoms. The number of fused-ring (bicyclic) bond motifs is 1. The third-order valence-electron chi connectivity index (χ3n) is 5.95. The topological polar surface area (TPSA) is 65.5 Å². The Morgan fingerprint density at radius 1 is 1.06 bits per heavy atom. The first-order valence-electron chi connectivity index (χ1n) is 10.5. The summed E-state index contributed by atoms with van der Waals surface area (Å²) in [5.41, 5.74) is 0.970. The van der Waals surface area contributed by atoms with Gasteiger partial charge >= 0.3 is 6.03 Å². The van der Waals surface area contributed by atoms with Crippen LogP contribution in [-0.2, 0) is 13.1 Å². The summed E-state index contributed by atoms with van der Waals surface area (Å²) in [4.78, 5) is 32.5. The molecule has 1 N–H and O–H groups in total. The number of benzene rings is 2. The Bertz CT molecular complexity index is 1290. The van der Waals surface area contributed by atoms with Crippen LogP contribution in [0.1, 0.15) is 40.0 Å². The first-order valence-corrected chi connectivity index (χ1v) is 11.3. The summed E-state index contributed by atoms with van der Waals surface area (Å²) in [6.45, 7) is 1.18. The number of hydrogen-bond donors (Lipinski definition) is 1. The monoisotopic (exact) mass is 550 g/mol. The minimum absolute atomic E-state index is 0.121. The third-order valence-corrected chi connectivity index (χ3v) is 6.63. The number of urea groups is 1. The molecule has 0 unspecified atom stereocenters. The summed E-state index contributed by atoms with van der Waals surface area (Å²) in [5.74, 6) is -4.57. The second-order valence-electron chi connectivity index (χ2n) is 8.04. The quantitative estimate of drug-likeness (QED) is 0.429. The van der Waals surface area contributed by atoms with Crippen LogP contribution in [0.15, 0.2) is 47.2 Å². The van der Waals surface area contributed by atoms with Gasteiger partial charge < -0.3 is 10.2 Å². The highest BCUT2D eigenvalue weighted by molar-refractivity contribution is 9.10. The average molecular weight is 551 g/mol. The summed E-state index contributed by atoms with van der Waals surface area (Å²) in [6, 6.07) is 4.99. The van der Waals surface area contributed by atoms with E-state index >= 15 is 0 Å². The van der Waals surface area contributed by atoms with Crippen molar-refractivity contribution in [3.8, 4) is 0 Å². The molecule has 2 heterocycles. The van der Waals surface area contributed by atoms with Crippen LogP contribution in [0.4, 0.5) is 28.0 Å². The van der Waals surface area contributed by atoms with Gasteiger partial charge in [-0.25, -0.2) is 22.4 Å². The molecule has 35 heavy (non-hydrogen) atoms. The van der Waals surface area contributed by atoms with E-state index in [4.69, 9.17) is 0 Å². The van der Waals surface area contributed by atoms with Gasteiger partial charge in [0.1, 0.15) is 23.3 Å². The number of amides is 3. The molecule has 0 aliphatic carbocycles. The number of hydrogen-bond acceptors (Lipinski definition) is 3. The number of nitrogens with one attached hydrogen (secondary N) is 1. The number of aromatic nitrogens is 1. The third kappa shape index (κ3) is 4.72. The zero-order valence-electron chi connectivity index (χ0n) is 18.6. The highest BCUT2D eigenvalue weighted by Crippen LogP contribution is 2.38. The SMILES string of the molecule is C[C@H]1c2ccc(C(=O)NCc3c(F)cc(F)cc3F)cc2N(Cc2c(F)cncc2Br)C(=O)N1C. The van der Waals surface area contributed by atoms with Crippen molar-refractivity contribution >= 4 is 33.6 Å². The van der Waals surface area contributed by atoms with Gasteiger partial charge in [-0.15, -0.1) is 0 Å². The summed E-state index contributed by atoms with van der Waals surface area (Å²) in [6.07, 6.45) is 2.46. The summed E-state index contributed by atoms with van der Waals surface area (Å²) in [5, 5.41) is 2.41. The van der Waals surface area contributed by atoms with Gasteiger partial charge in [0.25, 0.3) is 5.91 Å². The number of pyridine rings is 1. The number of carbonyl (C=O) groups excluding carboxylic acids is 2. The molecule has 0 radical (unpaired) electrons. The predicted molar refractivity (Wildman–Crippen MR) is 124 cm³/mol. The van der Waals surface area contributed by atoms with Crippen molar-refractivity contribution in [3.63, 3.8) is 0 Å². The minimum atomic E-state index is -1.12. The van der Waals surface area contributed by atoms with Crippen LogP contribution in [0.2, 0.25) is 0 Å². The van der Waals surface area contributed by atoms with E-state index in [-0.39, 0.29) is 23.7 Å². The molecule has 1 aromatic heterocycles. The van der Waals surface area contributed by atoms with Crippen LogP contribution in [0.5, 0.6) is 0 Å². The molecule has 3 amide bonds.